The molecule has 0 radical (unpaired) electrons. The van der Waals surface area contributed by atoms with Gasteiger partial charge in [-0.25, -0.2) is 0 Å². The third kappa shape index (κ3) is 8.91. The molecule has 0 fully saturated rings. The van der Waals surface area contributed by atoms with Crippen molar-refractivity contribution >= 4 is 0 Å². The highest BCUT2D eigenvalue weighted by Gasteiger charge is 2.09. The van der Waals surface area contributed by atoms with E-state index in [0.29, 0.717) is 13.0 Å². The second kappa shape index (κ2) is 13.8. The highest BCUT2D eigenvalue weighted by molar-refractivity contribution is 5.47. The molecule has 132 valence electrons. The van der Waals surface area contributed by atoms with Gasteiger partial charge in [0.25, 0.3) is 0 Å². The first-order chi connectivity index (χ1) is 11.8. The van der Waals surface area contributed by atoms with E-state index >= 15 is 0 Å². The molecule has 0 aromatic rings. The zero-order chi connectivity index (χ0) is 17.5. The van der Waals surface area contributed by atoms with Gasteiger partial charge in [-0.3, -0.25) is 0 Å². The van der Waals surface area contributed by atoms with Crippen molar-refractivity contribution < 1.29 is 9.84 Å². The summed E-state index contributed by atoms with van der Waals surface area (Å²) < 4.78 is 5.98. The number of rotatable bonds is 11. The Hall–Kier alpha value is -1.56. The van der Waals surface area contributed by atoms with Crippen LogP contribution in [0.25, 0.3) is 0 Å². The van der Waals surface area contributed by atoms with Crippen molar-refractivity contribution in [3.8, 4) is 12.3 Å². The van der Waals surface area contributed by atoms with Gasteiger partial charge in [0.05, 0.1) is 6.10 Å². The molecule has 0 heterocycles. The van der Waals surface area contributed by atoms with Gasteiger partial charge in [-0.05, 0) is 43.3 Å². The Balaban J connectivity index is 2.50. The van der Waals surface area contributed by atoms with Crippen LogP contribution in [0.3, 0.4) is 0 Å². The minimum absolute atomic E-state index is 0.195. The van der Waals surface area contributed by atoms with Gasteiger partial charge in [0, 0.05) is 19.6 Å². The highest BCUT2D eigenvalue weighted by Crippen LogP contribution is 2.21. The maximum absolute atomic E-state index is 8.77. The molecule has 0 saturated heterocycles. The molecule has 0 saturated carbocycles. The molecule has 1 atom stereocenters. The molecule has 1 aliphatic carbocycles. The van der Waals surface area contributed by atoms with Crippen molar-refractivity contribution in [3.63, 3.8) is 0 Å². The molecule has 1 unspecified atom stereocenters. The Morgan fingerprint density at radius 3 is 2.96 bits per heavy atom. The fraction of sp³-hybridized carbons (Fsp3) is 0.545. The van der Waals surface area contributed by atoms with E-state index in [2.05, 4.69) is 49.3 Å². The lowest BCUT2D eigenvalue weighted by Gasteiger charge is -2.12. The van der Waals surface area contributed by atoms with Gasteiger partial charge in [0.2, 0.25) is 0 Å². The molecule has 0 spiro atoms. The van der Waals surface area contributed by atoms with Crippen molar-refractivity contribution in [2.24, 2.45) is 0 Å². The molecule has 24 heavy (non-hydrogen) atoms. The molecule has 0 aliphatic heterocycles. The Labute approximate surface area is 148 Å². The fourth-order valence-electron chi connectivity index (χ4n) is 2.63. The topological polar surface area (TPSA) is 29.5 Å². The first-order valence-corrected chi connectivity index (χ1v) is 9.23. The van der Waals surface area contributed by atoms with Crippen LogP contribution >= 0.6 is 0 Å². The van der Waals surface area contributed by atoms with E-state index in [4.69, 9.17) is 16.3 Å². The maximum atomic E-state index is 8.77. The molecule has 1 rings (SSSR count). The number of aliphatic hydroxyl groups excluding tert-OH is 1. The van der Waals surface area contributed by atoms with E-state index in [1.807, 2.05) is 0 Å². The van der Waals surface area contributed by atoms with Crippen LogP contribution in [0, 0.1) is 12.3 Å². The lowest BCUT2D eigenvalue weighted by molar-refractivity contribution is 0.0771. The van der Waals surface area contributed by atoms with Gasteiger partial charge in [0.1, 0.15) is 0 Å². The molecule has 0 bridgehead atoms. The van der Waals surface area contributed by atoms with Crippen molar-refractivity contribution in [1.82, 2.24) is 0 Å². The Kier molecular flexibility index (Phi) is 11.8. The van der Waals surface area contributed by atoms with E-state index < -0.39 is 0 Å². The minimum atomic E-state index is 0.195. The number of allylic oxidation sites excluding steroid dienone is 7. The number of ether oxygens (including phenoxy) is 1. The number of aliphatic hydroxyl groups is 1. The Morgan fingerprint density at radius 2 is 2.21 bits per heavy atom. The highest BCUT2D eigenvalue weighted by atomic mass is 16.5. The average Bonchev–Trinajstić information content (AvgIpc) is 2.84. The predicted molar refractivity (Wildman–Crippen MR) is 103 cm³/mol. The number of terminal acetylenes is 1. The smallest absolute Gasteiger partial charge is 0.0762 e. The summed E-state index contributed by atoms with van der Waals surface area (Å²) in [5.41, 5.74) is 2.44. The van der Waals surface area contributed by atoms with Crippen LogP contribution in [0.5, 0.6) is 0 Å². The van der Waals surface area contributed by atoms with Gasteiger partial charge in [0.15, 0.2) is 0 Å². The van der Waals surface area contributed by atoms with Crippen LogP contribution in [0.2, 0.25) is 0 Å². The molecule has 1 N–H and O–H groups in total. The average molecular weight is 328 g/mol. The van der Waals surface area contributed by atoms with Crippen LogP contribution < -0.4 is 0 Å². The monoisotopic (exact) mass is 328 g/mol. The molecule has 0 aromatic heterocycles. The summed E-state index contributed by atoms with van der Waals surface area (Å²) in [4.78, 5) is 0. The Bertz CT molecular complexity index is 489. The largest absolute Gasteiger partial charge is 0.396 e. The van der Waals surface area contributed by atoms with Crippen LogP contribution in [0.4, 0.5) is 0 Å². The number of hydrogen-bond acceptors (Lipinski definition) is 2. The van der Waals surface area contributed by atoms with Gasteiger partial charge in [-0.15, -0.1) is 12.3 Å². The zero-order valence-corrected chi connectivity index (χ0v) is 15.0. The van der Waals surface area contributed by atoms with Crippen LogP contribution in [-0.2, 0) is 4.74 Å². The molecule has 0 aromatic carbocycles. The molecule has 2 nitrogen and oxygen atoms in total. The van der Waals surface area contributed by atoms with Crippen molar-refractivity contribution in [1.29, 1.82) is 0 Å². The van der Waals surface area contributed by atoms with E-state index in [1.54, 1.807) is 0 Å². The van der Waals surface area contributed by atoms with E-state index in [-0.39, 0.29) is 6.10 Å². The predicted octanol–water partition coefficient (Wildman–Crippen LogP) is 5.12. The van der Waals surface area contributed by atoms with Crippen molar-refractivity contribution in [2.45, 2.75) is 64.4 Å². The maximum Gasteiger partial charge on any atom is 0.0762 e. The summed E-state index contributed by atoms with van der Waals surface area (Å²) in [6.45, 7) is 3.23. The van der Waals surface area contributed by atoms with E-state index in [1.165, 1.54) is 11.1 Å². The first-order valence-electron chi connectivity index (χ1n) is 9.23. The molecule has 0 amide bonds. The molecule has 2 heteroatoms. The third-order valence-electron chi connectivity index (χ3n) is 4.00. The van der Waals surface area contributed by atoms with Gasteiger partial charge in [-0.1, -0.05) is 56.2 Å². The first kappa shape index (κ1) is 20.5. The zero-order valence-electron chi connectivity index (χ0n) is 15.0. The standard InChI is InChI=1S/C22H32O2/c1-3-5-12-20(13-6-4-2)21-14-11-15-22(17-16-21)24-19-10-8-7-9-18-23/h1,6,12-14,16-17,22-23H,4-5,7-11,15,18-19H2,2H3/b13-6-,20-12+. The lowest BCUT2D eigenvalue weighted by atomic mass is 10.0. The second-order valence-electron chi connectivity index (χ2n) is 6.02. The second-order valence-corrected chi connectivity index (χ2v) is 6.02. The Morgan fingerprint density at radius 1 is 1.38 bits per heavy atom. The lowest BCUT2D eigenvalue weighted by Crippen LogP contribution is -2.10. The van der Waals surface area contributed by atoms with Crippen LogP contribution in [0.1, 0.15) is 58.3 Å². The summed E-state index contributed by atoms with van der Waals surface area (Å²) in [7, 11) is 0. The summed E-state index contributed by atoms with van der Waals surface area (Å²) in [6.07, 6.45) is 26.6. The molecule has 1 aliphatic rings. The third-order valence-corrected chi connectivity index (χ3v) is 4.00. The molecular formula is C22H32O2. The number of hydrogen-bond donors (Lipinski definition) is 1. The quantitative estimate of drug-likeness (QED) is 0.324. The van der Waals surface area contributed by atoms with Crippen molar-refractivity contribution in [3.05, 3.63) is 47.6 Å². The van der Waals surface area contributed by atoms with Gasteiger partial charge in [-0.2, -0.15) is 0 Å². The fourth-order valence-corrected chi connectivity index (χ4v) is 2.63. The summed E-state index contributed by atoms with van der Waals surface area (Å²) >= 11 is 0. The van der Waals surface area contributed by atoms with Gasteiger partial charge >= 0.3 is 0 Å². The molecular weight excluding hydrogens is 296 g/mol. The van der Waals surface area contributed by atoms with E-state index in [0.717, 1.165) is 51.6 Å². The summed E-state index contributed by atoms with van der Waals surface area (Å²) in [5.74, 6) is 2.68. The van der Waals surface area contributed by atoms with Crippen LogP contribution in [0.15, 0.2) is 47.6 Å². The van der Waals surface area contributed by atoms with E-state index in [9.17, 15) is 0 Å². The van der Waals surface area contributed by atoms with Crippen LogP contribution in [-0.4, -0.2) is 24.4 Å². The minimum Gasteiger partial charge on any atom is -0.396 e. The summed E-state index contributed by atoms with van der Waals surface area (Å²) in [5, 5.41) is 8.77. The van der Waals surface area contributed by atoms with Gasteiger partial charge < -0.3 is 9.84 Å². The summed E-state index contributed by atoms with van der Waals surface area (Å²) in [6, 6.07) is 0. The SMILES string of the molecule is C#CC/C=C(\C=C/CC)C1=CCCC(OCCCCCCO)C=C1. The van der Waals surface area contributed by atoms with Crippen molar-refractivity contribution in [2.75, 3.05) is 13.2 Å². The number of unbranched alkanes of at least 4 members (excludes halogenated alkanes) is 3. The normalized spacial score (nSPS) is 18.5.